The molecule has 0 atom stereocenters. The van der Waals surface area contributed by atoms with Crippen molar-refractivity contribution in [3.8, 4) is 11.5 Å². The molecule has 17 nitrogen and oxygen atoms in total. The van der Waals surface area contributed by atoms with E-state index in [4.69, 9.17) is 35.3 Å². The Kier molecular flexibility index (Phi) is 33.0. The van der Waals surface area contributed by atoms with E-state index in [1.807, 2.05) is 161 Å². The molecule has 0 heterocycles. The largest absolute Gasteiger partial charge is 0.488 e. The predicted octanol–water partition coefficient (Wildman–Crippen LogP) is 16.4. The van der Waals surface area contributed by atoms with Gasteiger partial charge in [-0.15, -0.1) is 0 Å². The van der Waals surface area contributed by atoms with Crippen LogP contribution in [0.4, 0.5) is 4.79 Å². The van der Waals surface area contributed by atoms with Gasteiger partial charge in [0.15, 0.2) is 0 Å². The monoisotopic (exact) mass is 1380 g/mol. The number of benzene rings is 9. The molecule has 9 aromatic rings. The molecule has 0 spiro atoms. The lowest BCUT2D eigenvalue weighted by Crippen LogP contribution is -2.32. The minimum atomic E-state index is -0.971. The minimum Gasteiger partial charge on any atom is -0.488 e. The number of amides is 3. The molecule has 9 aromatic carbocycles. The molecule has 0 saturated heterocycles. The van der Waals surface area contributed by atoms with Crippen LogP contribution in [0.25, 0.3) is 11.1 Å². The molecule has 534 valence electrons. The number of hydrogen-bond acceptors (Lipinski definition) is 12. The van der Waals surface area contributed by atoms with Gasteiger partial charge in [-0.1, -0.05) is 184 Å². The molecule has 0 saturated carbocycles. The number of nitrogens with zero attached hydrogens (tertiary/aromatic N) is 2. The number of nitrogens with two attached hydrogens (primary N) is 1. The zero-order valence-electron chi connectivity index (χ0n) is 60.1. The summed E-state index contributed by atoms with van der Waals surface area (Å²) in [4.78, 5) is 72.9. The SMILES string of the molecule is C=C(C)c1cc(C(=O)N(C)Cc2ccc(C=O)cc2)c(C)cc1OCc1ccccc1.C=C(C)c1cc(C(=O)N(C)Cc2ccc(CO)cc2)c(C)cc1OCc1ccccc1.CC(C)(C)OC(=O)NCc1ccc(C(=O)O)cc1.CCCc1ccc(CO)cc1.NCc1ccc(C(=O)O)cc1. The molecule has 0 aliphatic carbocycles. The van der Waals surface area contributed by atoms with Crippen molar-refractivity contribution in [1.82, 2.24) is 15.1 Å². The van der Waals surface area contributed by atoms with Gasteiger partial charge in [0.2, 0.25) is 0 Å². The Hall–Kier alpha value is -11.2. The lowest BCUT2D eigenvalue weighted by Gasteiger charge is -2.21. The van der Waals surface area contributed by atoms with Crippen LogP contribution in [-0.4, -0.2) is 86.1 Å². The van der Waals surface area contributed by atoms with Crippen LogP contribution >= 0.6 is 0 Å². The van der Waals surface area contributed by atoms with E-state index in [2.05, 4.69) is 37.5 Å². The summed E-state index contributed by atoms with van der Waals surface area (Å²) in [7, 11) is 3.57. The summed E-state index contributed by atoms with van der Waals surface area (Å²) in [6.45, 7) is 26.1. The Balaban J connectivity index is 0.000000245. The lowest BCUT2D eigenvalue weighted by atomic mass is 9.99. The fourth-order valence-electron chi connectivity index (χ4n) is 9.89. The van der Waals surface area contributed by atoms with Crippen molar-refractivity contribution in [3.63, 3.8) is 0 Å². The Morgan fingerprint density at radius 2 is 0.863 bits per heavy atom. The number of aryl methyl sites for hydroxylation is 3. The zero-order valence-corrected chi connectivity index (χ0v) is 60.1. The van der Waals surface area contributed by atoms with E-state index in [0.29, 0.717) is 61.6 Å². The van der Waals surface area contributed by atoms with Crippen molar-refractivity contribution in [1.29, 1.82) is 0 Å². The van der Waals surface area contributed by atoms with Crippen LogP contribution < -0.4 is 20.5 Å². The van der Waals surface area contributed by atoms with Crippen molar-refractivity contribution >= 4 is 47.3 Å². The number of hydrogen-bond donors (Lipinski definition) is 6. The van der Waals surface area contributed by atoms with E-state index in [0.717, 1.165) is 102 Å². The molecule has 0 unspecified atom stereocenters. The van der Waals surface area contributed by atoms with Gasteiger partial charge in [-0.05, 0) is 176 Å². The van der Waals surface area contributed by atoms with E-state index in [1.54, 1.807) is 93.2 Å². The molecular formula is C85H96N4O13. The summed E-state index contributed by atoms with van der Waals surface area (Å²) >= 11 is 0. The van der Waals surface area contributed by atoms with E-state index in [9.17, 15) is 33.9 Å². The second-order valence-corrected chi connectivity index (χ2v) is 25.4. The number of aldehydes is 1. The summed E-state index contributed by atoms with van der Waals surface area (Å²) in [5.74, 6) is -0.560. The third-order valence-electron chi connectivity index (χ3n) is 15.6. The van der Waals surface area contributed by atoms with E-state index in [-0.39, 0.29) is 30.6 Å². The van der Waals surface area contributed by atoms with Crippen LogP contribution in [0, 0.1) is 13.8 Å². The first-order valence-electron chi connectivity index (χ1n) is 33.3. The number of carbonyl (C=O) groups excluding carboxylic acids is 4. The average Bonchev–Trinajstić information content (AvgIpc) is 0.812. The van der Waals surface area contributed by atoms with Gasteiger partial charge in [0.1, 0.15) is 36.6 Å². The van der Waals surface area contributed by atoms with Crippen LogP contribution in [0.15, 0.2) is 219 Å². The Morgan fingerprint density at radius 3 is 1.21 bits per heavy atom. The normalized spacial score (nSPS) is 10.4. The molecule has 17 heteroatoms. The van der Waals surface area contributed by atoms with Crippen molar-refractivity contribution in [2.45, 2.75) is 126 Å². The highest BCUT2D eigenvalue weighted by atomic mass is 16.6. The number of rotatable bonds is 24. The van der Waals surface area contributed by atoms with Crippen LogP contribution in [0.2, 0.25) is 0 Å². The fourth-order valence-corrected chi connectivity index (χ4v) is 9.89. The minimum absolute atomic E-state index is 0.0105. The van der Waals surface area contributed by atoms with E-state index >= 15 is 0 Å². The van der Waals surface area contributed by atoms with Crippen molar-refractivity contribution in [2.24, 2.45) is 5.73 Å². The molecule has 0 radical (unpaired) electrons. The number of carbonyl (C=O) groups is 6. The van der Waals surface area contributed by atoms with Gasteiger partial charge in [-0.25, -0.2) is 14.4 Å². The average molecular weight is 1380 g/mol. The topological polar surface area (TPSA) is 256 Å². The van der Waals surface area contributed by atoms with Crippen molar-refractivity contribution in [2.75, 3.05) is 14.1 Å². The second kappa shape index (κ2) is 41.4. The van der Waals surface area contributed by atoms with E-state index < -0.39 is 23.6 Å². The highest BCUT2D eigenvalue weighted by Crippen LogP contribution is 2.32. The first-order chi connectivity index (χ1) is 48.6. The van der Waals surface area contributed by atoms with Gasteiger partial charge < -0.3 is 55.5 Å². The maximum absolute atomic E-state index is 13.2. The van der Waals surface area contributed by atoms with E-state index in [1.165, 1.54) is 24.1 Å². The quantitative estimate of drug-likeness (QED) is 0.0308. The summed E-state index contributed by atoms with van der Waals surface area (Å²) in [5, 5.41) is 37.8. The highest BCUT2D eigenvalue weighted by Gasteiger charge is 2.21. The number of aliphatic hydroxyl groups is 2. The Bertz CT molecular complexity index is 4190. The summed E-state index contributed by atoms with van der Waals surface area (Å²) in [5.41, 5.74) is 21.3. The molecule has 7 N–H and O–H groups in total. The maximum Gasteiger partial charge on any atom is 0.407 e. The number of nitrogens with one attached hydrogen (secondary N) is 1. The summed E-state index contributed by atoms with van der Waals surface area (Å²) < 4.78 is 17.2. The molecule has 0 bridgehead atoms. The van der Waals surface area contributed by atoms with Crippen LogP contribution in [0.3, 0.4) is 0 Å². The number of aromatic carboxylic acids is 2. The Labute approximate surface area is 600 Å². The van der Waals surface area contributed by atoms with Crippen molar-refractivity contribution < 1.29 is 63.4 Å². The maximum atomic E-state index is 13.2. The fraction of sp³-hybridized carbons (Fsp3) is 0.247. The van der Waals surface area contributed by atoms with Gasteiger partial charge in [-0.2, -0.15) is 0 Å². The van der Waals surface area contributed by atoms with Crippen molar-refractivity contribution in [3.05, 3.63) is 320 Å². The van der Waals surface area contributed by atoms with Gasteiger partial charge in [0.05, 0.1) is 24.3 Å². The highest BCUT2D eigenvalue weighted by molar-refractivity contribution is 5.98. The van der Waals surface area contributed by atoms with Crippen LogP contribution in [-0.2, 0) is 63.8 Å². The van der Waals surface area contributed by atoms with Gasteiger partial charge in [0, 0.05) is 68.1 Å². The van der Waals surface area contributed by atoms with Crippen LogP contribution in [0.5, 0.6) is 11.5 Å². The molecule has 102 heavy (non-hydrogen) atoms. The number of ether oxygens (including phenoxy) is 3. The second-order valence-electron chi connectivity index (χ2n) is 25.4. The van der Waals surface area contributed by atoms with Crippen LogP contribution in [0.1, 0.15) is 172 Å². The number of carboxylic acid groups (broad SMARTS) is 2. The number of aliphatic hydroxyl groups excluding tert-OH is 2. The number of alkyl carbamates (subject to hydrolysis) is 1. The Morgan fingerprint density at radius 1 is 0.500 bits per heavy atom. The third-order valence-corrected chi connectivity index (χ3v) is 15.6. The molecule has 0 aromatic heterocycles. The summed E-state index contributed by atoms with van der Waals surface area (Å²) in [6, 6.07) is 63.3. The molecule has 0 aliphatic heterocycles. The third kappa shape index (κ3) is 27.5. The smallest absolute Gasteiger partial charge is 0.407 e. The first-order valence-corrected chi connectivity index (χ1v) is 33.3. The zero-order chi connectivity index (χ0) is 74.9. The lowest BCUT2D eigenvalue weighted by molar-refractivity contribution is 0.0521. The number of carboxylic acids is 2. The molecule has 3 amide bonds. The standard InChI is InChI=1S/C27H29NO3.C27H27NO3.C13H17NO4.C10H14O.C8H9NO2/c2*1-19(2)24-15-25(20(3)14-26(24)31-18-23-8-6-5-7-9-23)27(30)28(4)16-21-10-12-22(17-29)13-11-21;1-13(2,3)18-12(17)14-8-9-4-6-10(7-5-9)11(15)16;1-2-3-9-4-6-10(8-11)7-5-9;9-5-6-1-3-7(4-2-6)8(10)11/h5-15,29H,1,16-18H2,2-4H3;5-15,17H,1,16,18H2,2-4H3;4-7H,8H2,1-3H3,(H,14,17)(H,15,16);4-7,11H,2-3,8H2,1H3;1-4H,5,9H2,(H,10,11). The van der Waals surface area contributed by atoms with Gasteiger partial charge >= 0.3 is 18.0 Å². The summed E-state index contributed by atoms with van der Waals surface area (Å²) in [6.07, 6.45) is 2.62. The predicted molar refractivity (Wildman–Crippen MR) is 403 cm³/mol. The number of allylic oxidation sites excluding steroid dienone is 2. The first kappa shape index (κ1) is 81.4. The van der Waals surface area contributed by atoms with Gasteiger partial charge in [-0.3, -0.25) is 14.4 Å². The molecule has 0 aliphatic rings. The molecule has 0 fully saturated rings. The molecular weight excluding hydrogens is 1280 g/mol. The molecule has 9 rings (SSSR count). The van der Waals surface area contributed by atoms with Gasteiger partial charge in [0.25, 0.3) is 11.8 Å².